The SMILES string of the molecule is CC(F)(F)C(=O)NCC12CNC(C1)C2. The van der Waals surface area contributed by atoms with E-state index < -0.39 is 11.8 Å². The molecule has 1 saturated carbocycles. The maximum atomic E-state index is 12.5. The van der Waals surface area contributed by atoms with Crippen LogP contribution in [0.4, 0.5) is 8.78 Å². The van der Waals surface area contributed by atoms with Crippen molar-refractivity contribution < 1.29 is 13.6 Å². The number of nitrogens with one attached hydrogen (secondary N) is 2. The number of fused-ring (bicyclic) bond motifs is 1. The molecule has 0 atom stereocenters. The monoisotopic (exact) mass is 204 g/mol. The molecule has 0 radical (unpaired) electrons. The summed E-state index contributed by atoms with van der Waals surface area (Å²) in [6.45, 7) is 1.84. The first kappa shape index (κ1) is 9.83. The Balaban J connectivity index is 1.80. The summed E-state index contributed by atoms with van der Waals surface area (Å²) < 4.78 is 25.0. The van der Waals surface area contributed by atoms with Crippen molar-refractivity contribution in [2.45, 2.75) is 31.7 Å². The van der Waals surface area contributed by atoms with Crippen LogP contribution in [0, 0.1) is 5.41 Å². The average Bonchev–Trinajstić information content (AvgIpc) is 2.55. The third-order valence-electron chi connectivity index (χ3n) is 3.15. The van der Waals surface area contributed by atoms with Gasteiger partial charge in [0.25, 0.3) is 5.91 Å². The molecule has 2 bridgehead atoms. The van der Waals surface area contributed by atoms with Gasteiger partial charge in [0.1, 0.15) is 0 Å². The van der Waals surface area contributed by atoms with Gasteiger partial charge in [-0.15, -0.1) is 0 Å². The molecule has 0 spiro atoms. The predicted molar refractivity (Wildman–Crippen MR) is 47.1 cm³/mol. The number of halogens is 2. The van der Waals surface area contributed by atoms with Crippen LogP contribution in [-0.4, -0.2) is 31.0 Å². The summed E-state index contributed by atoms with van der Waals surface area (Å²) in [7, 11) is 0. The number of hydrogen-bond donors (Lipinski definition) is 2. The summed E-state index contributed by atoms with van der Waals surface area (Å²) in [6, 6.07) is 0.550. The second kappa shape index (κ2) is 2.89. The summed E-state index contributed by atoms with van der Waals surface area (Å²) >= 11 is 0. The first-order chi connectivity index (χ1) is 6.41. The third kappa shape index (κ3) is 1.61. The van der Waals surface area contributed by atoms with E-state index in [0.717, 1.165) is 19.4 Å². The second-order valence-electron chi connectivity index (χ2n) is 4.56. The summed E-state index contributed by atoms with van der Waals surface area (Å²) in [6.07, 6.45) is 2.01. The fourth-order valence-corrected chi connectivity index (χ4v) is 2.26. The molecule has 0 aromatic carbocycles. The van der Waals surface area contributed by atoms with E-state index in [1.54, 1.807) is 0 Å². The molecule has 3 rings (SSSR count). The second-order valence-corrected chi connectivity index (χ2v) is 4.56. The molecule has 3 fully saturated rings. The van der Waals surface area contributed by atoms with Crippen molar-refractivity contribution in [3.63, 3.8) is 0 Å². The fourth-order valence-electron chi connectivity index (χ4n) is 2.26. The minimum atomic E-state index is -3.26. The summed E-state index contributed by atoms with van der Waals surface area (Å²) in [5, 5.41) is 5.57. The van der Waals surface area contributed by atoms with Crippen molar-refractivity contribution in [1.29, 1.82) is 0 Å². The molecule has 5 heteroatoms. The largest absolute Gasteiger partial charge is 0.350 e. The van der Waals surface area contributed by atoms with Crippen molar-refractivity contribution in [3.8, 4) is 0 Å². The van der Waals surface area contributed by atoms with Gasteiger partial charge in [-0.2, -0.15) is 8.78 Å². The van der Waals surface area contributed by atoms with Crippen LogP contribution in [0.5, 0.6) is 0 Å². The lowest BCUT2D eigenvalue weighted by atomic mass is 9.70. The van der Waals surface area contributed by atoms with Gasteiger partial charge in [-0.1, -0.05) is 0 Å². The highest BCUT2D eigenvalue weighted by atomic mass is 19.3. The number of amides is 1. The summed E-state index contributed by atoms with van der Waals surface area (Å²) in [5.74, 6) is -4.42. The molecule has 2 N–H and O–H groups in total. The Labute approximate surface area is 81.2 Å². The quantitative estimate of drug-likeness (QED) is 0.703. The Hall–Kier alpha value is -0.710. The first-order valence-electron chi connectivity index (χ1n) is 4.81. The van der Waals surface area contributed by atoms with Crippen molar-refractivity contribution >= 4 is 5.91 Å². The normalized spacial score (nSPS) is 35.2. The molecule has 14 heavy (non-hydrogen) atoms. The van der Waals surface area contributed by atoms with Crippen molar-refractivity contribution in [3.05, 3.63) is 0 Å². The van der Waals surface area contributed by atoms with Gasteiger partial charge in [0.2, 0.25) is 0 Å². The van der Waals surface area contributed by atoms with Crippen LogP contribution < -0.4 is 10.6 Å². The van der Waals surface area contributed by atoms with Crippen LogP contribution in [0.1, 0.15) is 19.8 Å². The number of carbonyl (C=O) groups is 1. The molecule has 1 aliphatic carbocycles. The number of hydrogen-bond acceptors (Lipinski definition) is 2. The van der Waals surface area contributed by atoms with E-state index in [9.17, 15) is 13.6 Å². The number of alkyl halides is 2. The topological polar surface area (TPSA) is 41.1 Å². The maximum Gasteiger partial charge on any atom is 0.321 e. The molecule has 80 valence electrons. The van der Waals surface area contributed by atoms with Gasteiger partial charge in [-0.3, -0.25) is 4.79 Å². The fraction of sp³-hybridized carbons (Fsp3) is 0.889. The van der Waals surface area contributed by atoms with E-state index in [1.165, 1.54) is 0 Å². The molecule has 2 heterocycles. The highest BCUT2D eigenvalue weighted by Gasteiger charge is 2.50. The smallest absolute Gasteiger partial charge is 0.321 e. The summed E-state index contributed by atoms with van der Waals surface area (Å²) in [5.41, 5.74) is 0.0611. The Morgan fingerprint density at radius 1 is 1.64 bits per heavy atom. The van der Waals surface area contributed by atoms with Crippen molar-refractivity contribution in [2.24, 2.45) is 5.41 Å². The van der Waals surface area contributed by atoms with E-state index in [-0.39, 0.29) is 5.41 Å². The highest BCUT2D eigenvalue weighted by molar-refractivity contribution is 5.82. The van der Waals surface area contributed by atoms with E-state index in [0.29, 0.717) is 19.5 Å². The Morgan fingerprint density at radius 3 is 2.71 bits per heavy atom. The zero-order chi connectivity index (χ0) is 10.4. The maximum absolute atomic E-state index is 12.5. The van der Waals surface area contributed by atoms with E-state index in [4.69, 9.17) is 0 Å². The van der Waals surface area contributed by atoms with Crippen molar-refractivity contribution in [1.82, 2.24) is 10.6 Å². The van der Waals surface area contributed by atoms with Gasteiger partial charge in [0, 0.05) is 31.5 Å². The molecule has 2 saturated heterocycles. The van der Waals surface area contributed by atoms with Gasteiger partial charge < -0.3 is 10.6 Å². The zero-order valence-electron chi connectivity index (χ0n) is 8.07. The number of carbonyl (C=O) groups excluding carboxylic acids is 1. The first-order valence-corrected chi connectivity index (χ1v) is 4.81. The lowest BCUT2D eigenvalue weighted by Gasteiger charge is -2.37. The zero-order valence-corrected chi connectivity index (χ0v) is 8.07. The summed E-state index contributed by atoms with van der Waals surface area (Å²) in [4.78, 5) is 10.9. The lowest BCUT2D eigenvalue weighted by molar-refractivity contribution is -0.143. The van der Waals surface area contributed by atoms with Crippen LogP contribution in [0.2, 0.25) is 0 Å². The van der Waals surface area contributed by atoms with Gasteiger partial charge in [0.05, 0.1) is 0 Å². The molecular weight excluding hydrogens is 190 g/mol. The minimum Gasteiger partial charge on any atom is -0.350 e. The average molecular weight is 204 g/mol. The van der Waals surface area contributed by atoms with E-state index in [1.807, 2.05) is 0 Å². The Morgan fingerprint density at radius 2 is 2.29 bits per heavy atom. The molecular formula is C9H14F2N2O. The van der Waals surface area contributed by atoms with Gasteiger partial charge in [-0.05, 0) is 12.8 Å². The highest BCUT2D eigenvalue weighted by Crippen LogP contribution is 2.45. The Bertz CT molecular complexity index is 251. The third-order valence-corrected chi connectivity index (χ3v) is 3.15. The van der Waals surface area contributed by atoms with E-state index in [2.05, 4.69) is 10.6 Å². The predicted octanol–water partition coefficient (Wildman–Crippen LogP) is 0.510. The van der Waals surface area contributed by atoms with Gasteiger partial charge in [-0.25, -0.2) is 0 Å². The molecule has 0 unspecified atom stereocenters. The minimum absolute atomic E-state index is 0.0611. The molecule has 0 aromatic rings. The van der Waals surface area contributed by atoms with Gasteiger partial charge >= 0.3 is 5.92 Å². The van der Waals surface area contributed by atoms with Crippen LogP contribution in [0.15, 0.2) is 0 Å². The lowest BCUT2D eigenvalue weighted by Crippen LogP contribution is -2.47. The molecule has 1 amide bonds. The standard InChI is InChI=1S/C9H14F2N2O/c1-8(10,11)7(14)13-5-9-2-6(3-9)12-4-9/h6,12H,2-5H2,1H3,(H,13,14). The molecule has 3 aliphatic rings. The van der Waals surface area contributed by atoms with Crippen LogP contribution >= 0.6 is 0 Å². The van der Waals surface area contributed by atoms with E-state index >= 15 is 0 Å². The van der Waals surface area contributed by atoms with Crippen LogP contribution in [-0.2, 0) is 4.79 Å². The van der Waals surface area contributed by atoms with Crippen LogP contribution in [0.3, 0.4) is 0 Å². The molecule has 2 aliphatic heterocycles. The van der Waals surface area contributed by atoms with Crippen LogP contribution in [0.25, 0.3) is 0 Å². The molecule has 0 aromatic heterocycles. The van der Waals surface area contributed by atoms with Crippen molar-refractivity contribution in [2.75, 3.05) is 13.1 Å². The number of rotatable bonds is 3. The van der Waals surface area contributed by atoms with Gasteiger partial charge in [0.15, 0.2) is 0 Å². The Kier molecular flexibility index (Phi) is 2.03. The molecule has 3 nitrogen and oxygen atoms in total.